The third-order valence-corrected chi connectivity index (χ3v) is 3.56. The van der Waals surface area contributed by atoms with Crippen LogP contribution < -0.4 is 10.9 Å². The van der Waals surface area contributed by atoms with E-state index in [0.29, 0.717) is 11.6 Å². The first-order valence-corrected chi connectivity index (χ1v) is 7.63. The Hall–Kier alpha value is -3.54. The summed E-state index contributed by atoms with van der Waals surface area (Å²) in [4.78, 5) is 25.3. The molecule has 2 N–H and O–H groups in total. The summed E-state index contributed by atoms with van der Waals surface area (Å²) in [5, 5.41) is 8.75. The van der Waals surface area contributed by atoms with Crippen LogP contribution in [0, 0.1) is 11.3 Å². The van der Waals surface area contributed by atoms with Crippen molar-refractivity contribution in [3.8, 4) is 6.07 Å². The number of hydrogen-bond acceptors (Lipinski definition) is 4. The summed E-state index contributed by atoms with van der Waals surface area (Å²) in [5.74, 6) is -0.927. The highest BCUT2D eigenvalue weighted by molar-refractivity contribution is 5.98. The second-order valence-corrected chi connectivity index (χ2v) is 5.73. The van der Waals surface area contributed by atoms with E-state index in [4.69, 9.17) is 5.26 Å². The summed E-state index contributed by atoms with van der Waals surface area (Å²) in [7, 11) is 3.17. The van der Waals surface area contributed by atoms with E-state index in [0.717, 1.165) is 6.07 Å². The lowest BCUT2D eigenvalue weighted by molar-refractivity contribution is -0.137. The molecule has 0 saturated carbocycles. The Morgan fingerprint density at radius 3 is 2.15 bits per heavy atom. The summed E-state index contributed by atoms with van der Waals surface area (Å²) in [5.41, 5.74) is 3.29. The Balaban J connectivity index is 2.14. The fraction of sp³-hybridized carbons (Fsp3) is 0.167. The van der Waals surface area contributed by atoms with Crippen molar-refractivity contribution in [2.24, 2.45) is 0 Å². The fourth-order valence-electron chi connectivity index (χ4n) is 2.18. The zero-order valence-corrected chi connectivity index (χ0v) is 14.4. The lowest BCUT2D eigenvalue weighted by atomic mass is 10.1. The van der Waals surface area contributed by atoms with Crippen LogP contribution in [0.5, 0.6) is 0 Å². The van der Waals surface area contributed by atoms with Gasteiger partial charge in [0.25, 0.3) is 11.8 Å². The molecule has 2 amide bonds. The smallest absolute Gasteiger partial charge is 0.345 e. The first kappa shape index (κ1) is 19.8. The first-order valence-electron chi connectivity index (χ1n) is 7.63. The van der Waals surface area contributed by atoms with Crippen LogP contribution in [0.25, 0.3) is 0 Å². The van der Waals surface area contributed by atoms with Gasteiger partial charge in [0, 0.05) is 25.2 Å². The standard InChI is InChI=1S/C18H15F3N4O2/c1-25(2)17(27)13-6-4-12(5-7-13)16(26)24-23-15-8-3-11(10-22)9-14(15)18(19,20)21/h3-9,23H,1-2H3,(H,24,26). The molecule has 0 radical (unpaired) electrons. The van der Waals surface area contributed by atoms with Gasteiger partial charge in [-0.2, -0.15) is 18.4 Å². The maximum atomic E-state index is 13.1. The molecule has 2 aromatic rings. The fourth-order valence-corrected chi connectivity index (χ4v) is 2.18. The molecule has 0 aromatic heterocycles. The zero-order valence-electron chi connectivity index (χ0n) is 14.4. The van der Waals surface area contributed by atoms with Gasteiger partial charge in [-0.25, -0.2) is 0 Å². The monoisotopic (exact) mass is 376 g/mol. The number of nitrogens with one attached hydrogen (secondary N) is 2. The predicted molar refractivity (Wildman–Crippen MR) is 91.7 cm³/mol. The molecule has 0 heterocycles. The number of hydrogen-bond donors (Lipinski definition) is 2. The van der Waals surface area contributed by atoms with Crippen molar-refractivity contribution in [3.63, 3.8) is 0 Å². The number of alkyl halides is 3. The maximum Gasteiger partial charge on any atom is 0.418 e. The number of anilines is 1. The van der Waals surface area contributed by atoms with Gasteiger partial charge in [-0.3, -0.25) is 20.4 Å². The minimum Gasteiger partial charge on any atom is -0.345 e. The van der Waals surface area contributed by atoms with Crippen LogP contribution in [0.15, 0.2) is 42.5 Å². The SMILES string of the molecule is CN(C)C(=O)c1ccc(C(=O)NNc2ccc(C#N)cc2C(F)(F)F)cc1. The van der Waals surface area contributed by atoms with Crippen LogP contribution >= 0.6 is 0 Å². The average Bonchev–Trinajstić information content (AvgIpc) is 2.64. The first-order chi connectivity index (χ1) is 12.6. The van der Waals surface area contributed by atoms with Crippen molar-refractivity contribution in [2.75, 3.05) is 19.5 Å². The molecule has 2 rings (SSSR count). The van der Waals surface area contributed by atoms with Gasteiger partial charge in [-0.05, 0) is 42.5 Å². The number of nitrogens with zero attached hydrogens (tertiary/aromatic N) is 2. The van der Waals surface area contributed by atoms with Gasteiger partial charge in [-0.1, -0.05) is 0 Å². The molecule has 9 heteroatoms. The summed E-state index contributed by atoms with van der Waals surface area (Å²) in [6, 6.07) is 10.2. The highest BCUT2D eigenvalue weighted by atomic mass is 19.4. The largest absolute Gasteiger partial charge is 0.418 e. The molecule has 0 aliphatic carbocycles. The number of amides is 2. The second kappa shape index (κ2) is 7.78. The van der Waals surface area contributed by atoms with Crippen LogP contribution in [-0.2, 0) is 6.18 Å². The van der Waals surface area contributed by atoms with E-state index in [9.17, 15) is 22.8 Å². The minimum absolute atomic E-state index is 0.152. The normalized spacial score (nSPS) is 10.7. The quantitative estimate of drug-likeness (QED) is 0.804. The van der Waals surface area contributed by atoms with Crippen molar-refractivity contribution >= 4 is 17.5 Å². The number of benzene rings is 2. The molecule has 0 fully saturated rings. The molecule has 0 saturated heterocycles. The second-order valence-electron chi connectivity index (χ2n) is 5.73. The van der Waals surface area contributed by atoms with Gasteiger partial charge < -0.3 is 4.90 Å². The van der Waals surface area contributed by atoms with E-state index in [1.807, 2.05) is 0 Å². The van der Waals surface area contributed by atoms with E-state index in [1.54, 1.807) is 20.2 Å². The van der Waals surface area contributed by atoms with Crippen LogP contribution in [0.2, 0.25) is 0 Å². The van der Waals surface area contributed by atoms with Crippen molar-refractivity contribution < 1.29 is 22.8 Å². The number of carbonyl (C=O) groups excluding carboxylic acids is 2. The third-order valence-electron chi connectivity index (χ3n) is 3.56. The molecule has 0 bridgehead atoms. The Morgan fingerprint density at radius 2 is 1.63 bits per heavy atom. The minimum atomic E-state index is -4.70. The van der Waals surface area contributed by atoms with Crippen LogP contribution in [-0.4, -0.2) is 30.8 Å². The van der Waals surface area contributed by atoms with Gasteiger partial charge in [0.05, 0.1) is 22.9 Å². The summed E-state index contributed by atoms with van der Waals surface area (Å²) < 4.78 is 39.3. The summed E-state index contributed by atoms with van der Waals surface area (Å²) >= 11 is 0. The Bertz CT molecular complexity index is 900. The van der Waals surface area contributed by atoms with E-state index in [2.05, 4.69) is 10.9 Å². The molecular weight excluding hydrogens is 361 g/mol. The van der Waals surface area contributed by atoms with E-state index in [-0.39, 0.29) is 17.0 Å². The molecule has 0 aliphatic heterocycles. The van der Waals surface area contributed by atoms with Gasteiger partial charge in [-0.15, -0.1) is 0 Å². The molecule has 0 atom stereocenters. The summed E-state index contributed by atoms with van der Waals surface area (Å²) in [6.07, 6.45) is -4.70. The van der Waals surface area contributed by atoms with Gasteiger partial charge >= 0.3 is 6.18 Å². The molecule has 140 valence electrons. The van der Waals surface area contributed by atoms with Crippen LogP contribution in [0.4, 0.5) is 18.9 Å². The number of nitriles is 1. The molecule has 0 aliphatic rings. The average molecular weight is 376 g/mol. The maximum absolute atomic E-state index is 13.1. The number of carbonyl (C=O) groups is 2. The van der Waals surface area contributed by atoms with Gasteiger partial charge in [0.2, 0.25) is 0 Å². The molecule has 0 spiro atoms. The third kappa shape index (κ3) is 4.76. The topological polar surface area (TPSA) is 85.2 Å². The highest BCUT2D eigenvalue weighted by Crippen LogP contribution is 2.35. The Morgan fingerprint density at radius 1 is 1.04 bits per heavy atom. The lowest BCUT2D eigenvalue weighted by Crippen LogP contribution is -2.30. The Labute approximate surface area is 153 Å². The number of halogens is 3. The predicted octanol–water partition coefficient (Wildman–Crippen LogP) is 3.04. The van der Waals surface area contributed by atoms with E-state index < -0.39 is 23.3 Å². The van der Waals surface area contributed by atoms with Crippen LogP contribution in [0.1, 0.15) is 31.8 Å². The summed E-state index contributed by atoms with van der Waals surface area (Å²) in [6.45, 7) is 0. The zero-order chi connectivity index (χ0) is 20.2. The molecule has 2 aromatic carbocycles. The van der Waals surface area contributed by atoms with E-state index in [1.165, 1.54) is 35.2 Å². The number of rotatable bonds is 4. The Kier molecular flexibility index (Phi) is 5.70. The molecule has 27 heavy (non-hydrogen) atoms. The highest BCUT2D eigenvalue weighted by Gasteiger charge is 2.34. The van der Waals surface area contributed by atoms with Crippen LogP contribution in [0.3, 0.4) is 0 Å². The van der Waals surface area contributed by atoms with Gasteiger partial charge in [0.1, 0.15) is 0 Å². The lowest BCUT2D eigenvalue weighted by Gasteiger charge is -2.15. The molecule has 6 nitrogen and oxygen atoms in total. The molecular formula is C18H15F3N4O2. The molecule has 0 unspecified atom stereocenters. The van der Waals surface area contributed by atoms with Crippen molar-refractivity contribution in [3.05, 3.63) is 64.7 Å². The van der Waals surface area contributed by atoms with Crippen molar-refractivity contribution in [1.29, 1.82) is 5.26 Å². The van der Waals surface area contributed by atoms with Crippen molar-refractivity contribution in [1.82, 2.24) is 10.3 Å². The van der Waals surface area contributed by atoms with E-state index >= 15 is 0 Å². The van der Waals surface area contributed by atoms with Gasteiger partial charge in [0.15, 0.2) is 0 Å². The van der Waals surface area contributed by atoms with Crippen molar-refractivity contribution in [2.45, 2.75) is 6.18 Å². The number of hydrazine groups is 1.